The number of benzene rings is 1. The standard InChI is InChI=1S/C9H6Cl2N2/c10-7-3-1-6(2-4-7)8-5-12-9(11)13-8/h1-5H,(H,12,13). The van der Waals surface area contributed by atoms with Gasteiger partial charge in [-0.15, -0.1) is 0 Å². The molecule has 0 bridgehead atoms. The van der Waals surface area contributed by atoms with Crippen LogP contribution in [0.15, 0.2) is 30.5 Å². The van der Waals surface area contributed by atoms with Crippen molar-refractivity contribution in [1.29, 1.82) is 0 Å². The normalized spacial score (nSPS) is 10.3. The van der Waals surface area contributed by atoms with Crippen molar-refractivity contribution in [2.24, 2.45) is 0 Å². The number of aromatic nitrogens is 2. The molecule has 0 amide bonds. The summed E-state index contributed by atoms with van der Waals surface area (Å²) in [6.45, 7) is 0. The van der Waals surface area contributed by atoms with Crippen LogP contribution in [-0.2, 0) is 0 Å². The Morgan fingerprint density at radius 2 is 1.77 bits per heavy atom. The molecule has 0 aliphatic carbocycles. The highest BCUT2D eigenvalue weighted by molar-refractivity contribution is 6.30. The van der Waals surface area contributed by atoms with E-state index < -0.39 is 0 Å². The van der Waals surface area contributed by atoms with Crippen molar-refractivity contribution in [2.45, 2.75) is 0 Å². The Bertz CT molecular complexity index is 406. The van der Waals surface area contributed by atoms with Gasteiger partial charge in [-0.1, -0.05) is 23.7 Å². The van der Waals surface area contributed by atoms with Gasteiger partial charge in [0.1, 0.15) is 0 Å². The summed E-state index contributed by atoms with van der Waals surface area (Å²) in [6, 6.07) is 7.47. The van der Waals surface area contributed by atoms with E-state index in [2.05, 4.69) is 9.97 Å². The Kier molecular flexibility index (Phi) is 2.25. The van der Waals surface area contributed by atoms with Crippen LogP contribution in [-0.4, -0.2) is 9.97 Å². The second-order valence-electron chi connectivity index (χ2n) is 2.59. The fourth-order valence-electron chi connectivity index (χ4n) is 1.07. The van der Waals surface area contributed by atoms with Crippen LogP contribution in [0.3, 0.4) is 0 Å². The molecule has 1 aromatic carbocycles. The smallest absolute Gasteiger partial charge is 0.200 e. The fourth-order valence-corrected chi connectivity index (χ4v) is 1.35. The molecule has 1 N–H and O–H groups in total. The van der Waals surface area contributed by atoms with Gasteiger partial charge in [-0.25, -0.2) is 4.98 Å². The monoisotopic (exact) mass is 212 g/mol. The third kappa shape index (κ3) is 1.85. The summed E-state index contributed by atoms with van der Waals surface area (Å²) in [5.41, 5.74) is 1.91. The lowest BCUT2D eigenvalue weighted by molar-refractivity contribution is 1.31. The van der Waals surface area contributed by atoms with E-state index in [1.54, 1.807) is 6.20 Å². The zero-order valence-corrected chi connectivity index (χ0v) is 8.10. The first kappa shape index (κ1) is 8.60. The molecule has 2 rings (SSSR count). The van der Waals surface area contributed by atoms with Gasteiger partial charge in [-0.3, -0.25) is 0 Å². The molecule has 0 saturated carbocycles. The maximum Gasteiger partial charge on any atom is 0.200 e. The average molecular weight is 213 g/mol. The highest BCUT2D eigenvalue weighted by atomic mass is 35.5. The van der Waals surface area contributed by atoms with Gasteiger partial charge >= 0.3 is 0 Å². The molecule has 4 heteroatoms. The molecular formula is C9H6Cl2N2. The Hall–Kier alpha value is -0.990. The van der Waals surface area contributed by atoms with Crippen LogP contribution in [0.4, 0.5) is 0 Å². The maximum absolute atomic E-state index is 5.75. The number of hydrogen-bond donors (Lipinski definition) is 1. The highest BCUT2D eigenvalue weighted by Gasteiger charge is 2.00. The van der Waals surface area contributed by atoms with E-state index in [0.717, 1.165) is 16.3 Å². The van der Waals surface area contributed by atoms with Crippen LogP contribution >= 0.6 is 23.2 Å². The molecule has 0 fully saturated rings. The molecule has 1 aromatic heterocycles. The lowest BCUT2D eigenvalue weighted by atomic mass is 10.2. The number of imidazole rings is 1. The minimum absolute atomic E-state index is 0.393. The van der Waals surface area contributed by atoms with Gasteiger partial charge in [-0.2, -0.15) is 0 Å². The Balaban J connectivity index is 2.41. The summed E-state index contributed by atoms with van der Waals surface area (Å²) in [5.74, 6) is 0. The van der Waals surface area contributed by atoms with Crippen molar-refractivity contribution in [2.75, 3.05) is 0 Å². The van der Waals surface area contributed by atoms with Gasteiger partial charge in [0.15, 0.2) is 5.28 Å². The summed E-state index contributed by atoms with van der Waals surface area (Å²) in [7, 11) is 0. The van der Waals surface area contributed by atoms with Crippen molar-refractivity contribution in [3.63, 3.8) is 0 Å². The van der Waals surface area contributed by atoms with E-state index in [-0.39, 0.29) is 0 Å². The van der Waals surface area contributed by atoms with Crippen LogP contribution in [0.1, 0.15) is 0 Å². The van der Waals surface area contributed by atoms with Crippen LogP contribution in [0.25, 0.3) is 11.3 Å². The number of nitrogens with one attached hydrogen (secondary N) is 1. The van der Waals surface area contributed by atoms with E-state index in [1.165, 1.54) is 0 Å². The van der Waals surface area contributed by atoms with Gasteiger partial charge in [0.05, 0.1) is 11.9 Å². The zero-order chi connectivity index (χ0) is 9.26. The van der Waals surface area contributed by atoms with Crippen LogP contribution in [0.2, 0.25) is 10.3 Å². The van der Waals surface area contributed by atoms with Crippen molar-refractivity contribution in [1.82, 2.24) is 9.97 Å². The van der Waals surface area contributed by atoms with E-state index in [0.29, 0.717) is 5.28 Å². The highest BCUT2D eigenvalue weighted by Crippen LogP contribution is 2.20. The minimum atomic E-state index is 0.393. The third-order valence-electron chi connectivity index (χ3n) is 1.70. The SMILES string of the molecule is Clc1ccc(-c2cnc(Cl)[nH]2)cc1. The van der Waals surface area contributed by atoms with Gasteiger partial charge in [0, 0.05) is 5.02 Å². The van der Waals surface area contributed by atoms with Crippen molar-refractivity contribution >= 4 is 23.2 Å². The molecule has 2 aromatic rings. The lowest BCUT2D eigenvalue weighted by Crippen LogP contribution is -1.75. The summed E-state index contributed by atoms with van der Waals surface area (Å²) >= 11 is 11.4. The largest absolute Gasteiger partial charge is 0.329 e. The van der Waals surface area contributed by atoms with E-state index in [4.69, 9.17) is 23.2 Å². The number of nitrogens with zero attached hydrogens (tertiary/aromatic N) is 1. The first-order chi connectivity index (χ1) is 6.25. The summed E-state index contributed by atoms with van der Waals surface area (Å²) in [5, 5.41) is 1.11. The molecule has 0 aliphatic heterocycles. The fraction of sp³-hybridized carbons (Fsp3) is 0. The molecule has 0 radical (unpaired) electrons. The molecule has 0 unspecified atom stereocenters. The number of halogens is 2. The van der Waals surface area contributed by atoms with E-state index in [1.807, 2.05) is 24.3 Å². The number of aromatic amines is 1. The minimum Gasteiger partial charge on any atom is -0.329 e. The summed E-state index contributed by atoms with van der Waals surface area (Å²) in [6.07, 6.45) is 1.69. The summed E-state index contributed by atoms with van der Waals surface area (Å²) in [4.78, 5) is 6.82. The second-order valence-corrected chi connectivity index (χ2v) is 3.39. The van der Waals surface area contributed by atoms with Gasteiger partial charge < -0.3 is 4.98 Å². The molecule has 0 spiro atoms. The van der Waals surface area contributed by atoms with Crippen LogP contribution in [0, 0.1) is 0 Å². The Morgan fingerprint density at radius 3 is 2.31 bits per heavy atom. The number of hydrogen-bond acceptors (Lipinski definition) is 1. The van der Waals surface area contributed by atoms with Gasteiger partial charge in [0.25, 0.3) is 0 Å². The first-order valence-electron chi connectivity index (χ1n) is 3.72. The molecular weight excluding hydrogens is 207 g/mol. The number of rotatable bonds is 1. The third-order valence-corrected chi connectivity index (χ3v) is 2.14. The molecule has 13 heavy (non-hydrogen) atoms. The summed E-state index contributed by atoms with van der Waals surface area (Å²) < 4.78 is 0. The Morgan fingerprint density at radius 1 is 1.08 bits per heavy atom. The average Bonchev–Trinajstić information content (AvgIpc) is 2.53. The van der Waals surface area contributed by atoms with Gasteiger partial charge in [-0.05, 0) is 29.3 Å². The quantitative estimate of drug-likeness (QED) is 0.772. The van der Waals surface area contributed by atoms with Gasteiger partial charge in [0.2, 0.25) is 0 Å². The molecule has 2 nitrogen and oxygen atoms in total. The van der Waals surface area contributed by atoms with E-state index >= 15 is 0 Å². The van der Waals surface area contributed by atoms with E-state index in [9.17, 15) is 0 Å². The first-order valence-corrected chi connectivity index (χ1v) is 4.48. The van der Waals surface area contributed by atoms with Crippen molar-refractivity contribution < 1.29 is 0 Å². The maximum atomic E-state index is 5.75. The van der Waals surface area contributed by atoms with Crippen LogP contribution < -0.4 is 0 Å². The van der Waals surface area contributed by atoms with Crippen molar-refractivity contribution in [3.8, 4) is 11.3 Å². The number of H-pyrrole nitrogens is 1. The molecule has 0 atom stereocenters. The molecule has 0 saturated heterocycles. The zero-order valence-electron chi connectivity index (χ0n) is 6.59. The lowest BCUT2D eigenvalue weighted by Gasteiger charge is -1.95. The second kappa shape index (κ2) is 3.40. The predicted molar refractivity (Wildman–Crippen MR) is 54.0 cm³/mol. The molecule has 66 valence electrons. The topological polar surface area (TPSA) is 28.7 Å². The predicted octanol–water partition coefficient (Wildman–Crippen LogP) is 3.38. The Labute approximate surface area is 85.5 Å². The molecule has 1 heterocycles. The molecule has 0 aliphatic rings. The van der Waals surface area contributed by atoms with Crippen LogP contribution in [0.5, 0.6) is 0 Å². The van der Waals surface area contributed by atoms with Crippen molar-refractivity contribution in [3.05, 3.63) is 40.8 Å².